The van der Waals surface area contributed by atoms with Crippen molar-refractivity contribution in [1.29, 1.82) is 0 Å². The van der Waals surface area contributed by atoms with Gasteiger partial charge in [0.2, 0.25) is 5.91 Å². The number of amides is 3. The van der Waals surface area contributed by atoms with E-state index in [1.165, 1.54) is 24.3 Å². The topological polar surface area (TPSA) is 87.5 Å². The van der Waals surface area contributed by atoms with Gasteiger partial charge in [-0.25, -0.2) is 9.18 Å². The van der Waals surface area contributed by atoms with E-state index in [1.54, 1.807) is 16.7 Å². The molecule has 132 valence electrons. The highest BCUT2D eigenvalue weighted by Gasteiger charge is 2.29. The number of hydrogen-bond donors (Lipinski definition) is 3. The molecule has 1 heterocycles. The molecule has 2 atom stereocenters. The third-order valence-electron chi connectivity index (χ3n) is 3.89. The monoisotopic (exact) mass is 354 g/mol. The lowest BCUT2D eigenvalue weighted by atomic mass is 10.2. The summed E-state index contributed by atoms with van der Waals surface area (Å²) in [6.45, 7) is 1.05. The highest BCUT2D eigenvalue weighted by atomic mass is 32.2. The highest BCUT2D eigenvalue weighted by molar-refractivity contribution is 7.98. The lowest BCUT2D eigenvalue weighted by Gasteiger charge is -2.21. The molecule has 1 fully saturated rings. The normalized spacial score (nSPS) is 18.3. The number of rotatable bonds is 6. The molecule has 1 aromatic carbocycles. The van der Waals surface area contributed by atoms with Gasteiger partial charge in [0.1, 0.15) is 5.82 Å². The predicted molar refractivity (Wildman–Crippen MR) is 94.5 cm³/mol. The number of urea groups is 1. The largest absolute Gasteiger partial charge is 0.339 e. The summed E-state index contributed by atoms with van der Waals surface area (Å²) in [5.74, 6) is 0.429. The van der Waals surface area contributed by atoms with Crippen LogP contribution in [0.2, 0.25) is 0 Å². The van der Waals surface area contributed by atoms with Gasteiger partial charge >= 0.3 is 6.03 Å². The molecule has 0 saturated carbocycles. The summed E-state index contributed by atoms with van der Waals surface area (Å²) >= 11 is 1.66. The van der Waals surface area contributed by atoms with Crippen molar-refractivity contribution in [2.24, 2.45) is 5.73 Å². The number of nitrogens with one attached hydrogen (secondary N) is 2. The summed E-state index contributed by atoms with van der Waals surface area (Å²) in [4.78, 5) is 25.9. The number of nitrogens with two attached hydrogens (primary N) is 1. The molecule has 0 bridgehead atoms. The molecule has 2 rings (SSSR count). The van der Waals surface area contributed by atoms with E-state index in [4.69, 9.17) is 5.73 Å². The summed E-state index contributed by atoms with van der Waals surface area (Å²) in [5, 5.41) is 5.47. The van der Waals surface area contributed by atoms with Crippen LogP contribution in [0.25, 0.3) is 0 Å². The molecule has 0 radical (unpaired) electrons. The first-order valence-corrected chi connectivity index (χ1v) is 9.25. The summed E-state index contributed by atoms with van der Waals surface area (Å²) < 4.78 is 12.8. The van der Waals surface area contributed by atoms with Crippen LogP contribution in [0.15, 0.2) is 24.3 Å². The number of carbonyl (C=O) groups excluding carboxylic acids is 2. The number of carbonyl (C=O) groups is 2. The molecular formula is C16H23FN4O2S. The quantitative estimate of drug-likeness (QED) is 0.725. The summed E-state index contributed by atoms with van der Waals surface area (Å²) in [7, 11) is 0. The Morgan fingerprint density at radius 2 is 2.12 bits per heavy atom. The predicted octanol–water partition coefficient (Wildman–Crippen LogP) is 1.63. The van der Waals surface area contributed by atoms with Gasteiger partial charge in [-0.05, 0) is 49.1 Å². The van der Waals surface area contributed by atoms with E-state index in [9.17, 15) is 14.0 Å². The molecule has 0 aromatic heterocycles. The Balaban J connectivity index is 1.77. The maximum atomic E-state index is 12.8. The Bertz CT molecular complexity index is 570. The summed E-state index contributed by atoms with van der Waals surface area (Å²) in [6, 6.07) is 4.58. The molecule has 6 nitrogen and oxygen atoms in total. The molecule has 1 unspecified atom stereocenters. The molecule has 1 aliphatic rings. The maximum Gasteiger partial charge on any atom is 0.319 e. The van der Waals surface area contributed by atoms with Crippen molar-refractivity contribution in [3.8, 4) is 0 Å². The third kappa shape index (κ3) is 5.38. The Morgan fingerprint density at radius 1 is 1.42 bits per heavy atom. The van der Waals surface area contributed by atoms with Gasteiger partial charge in [-0.2, -0.15) is 11.8 Å². The van der Waals surface area contributed by atoms with Crippen molar-refractivity contribution in [2.75, 3.05) is 30.4 Å². The van der Waals surface area contributed by atoms with E-state index in [0.717, 1.165) is 5.75 Å². The van der Waals surface area contributed by atoms with Gasteiger partial charge in [0, 0.05) is 24.8 Å². The Labute approximate surface area is 145 Å². The van der Waals surface area contributed by atoms with Crippen LogP contribution in [-0.4, -0.2) is 54.0 Å². The fraction of sp³-hybridized carbons (Fsp3) is 0.500. The SMILES string of the molecule is CSCC[C@H](N)C(=O)N1CCC(NC(=O)Nc2ccc(F)cc2)C1. The van der Waals surface area contributed by atoms with E-state index in [1.807, 2.05) is 6.26 Å². The van der Waals surface area contributed by atoms with Crippen LogP contribution < -0.4 is 16.4 Å². The first-order valence-electron chi connectivity index (χ1n) is 7.86. The molecule has 3 amide bonds. The number of thioether (sulfide) groups is 1. The first kappa shape index (κ1) is 18.5. The number of likely N-dealkylation sites (tertiary alicyclic amines) is 1. The number of halogens is 1. The molecule has 4 N–H and O–H groups in total. The fourth-order valence-electron chi connectivity index (χ4n) is 2.57. The Hall–Kier alpha value is -1.80. The molecule has 0 aliphatic carbocycles. The summed E-state index contributed by atoms with van der Waals surface area (Å²) in [6.07, 6.45) is 3.32. The van der Waals surface area contributed by atoms with Gasteiger partial charge in [0.05, 0.1) is 6.04 Å². The summed E-state index contributed by atoms with van der Waals surface area (Å²) in [5.41, 5.74) is 6.42. The Morgan fingerprint density at radius 3 is 2.79 bits per heavy atom. The lowest BCUT2D eigenvalue weighted by Crippen LogP contribution is -2.45. The number of nitrogens with zero attached hydrogens (tertiary/aromatic N) is 1. The molecular weight excluding hydrogens is 331 g/mol. The molecule has 1 aliphatic heterocycles. The van der Waals surface area contributed by atoms with Crippen molar-refractivity contribution < 1.29 is 14.0 Å². The van der Waals surface area contributed by atoms with Crippen LogP contribution in [0.1, 0.15) is 12.8 Å². The van der Waals surface area contributed by atoms with Crippen molar-refractivity contribution in [3.63, 3.8) is 0 Å². The standard InChI is InChI=1S/C16H23FN4O2S/c1-24-9-7-14(18)15(22)21-8-6-13(10-21)20-16(23)19-12-4-2-11(17)3-5-12/h2-5,13-14H,6-10,18H2,1H3,(H2,19,20,23)/t13?,14-/m0/s1. The second-order valence-corrected chi connectivity index (χ2v) is 6.75. The number of hydrogen-bond acceptors (Lipinski definition) is 4. The van der Waals surface area contributed by atoms with Gasteiger partial charge in [-0.15, -0.1) is 0 Å². The minimum absolute atomic E-state index is 0.0627. The third-order valence-corrected chi connectivity index (χ3v) is 4.53. The van der Waals surface area contributed by atoms with Crippen LogP contribution in [0, 0.1) is 5.82 Å². The molecule has 1 aromatic rings. The minimum atomic E-state index is -0.482. The van der Waals surface area contributed by atoms with Gasteiger partial charge in [0.25, 0.3) is 0 Å². The smallest absolute Gasteiger partial charge is 0.319 e. The zero-order valence-corrected chi connectivity index (χ0v) is 14.4. The van der Waals surface area contributed by atoms with Crippen LogP contribution in [0.5, 0.6) is 0 Å². The lowest BCUT2D eigenvalue weighted by molar-refractivity contribution is -0.131. The number of anilines is 1. The Kier molecular flexibility index (Phi) is 6.86. The van der Waals surface area contributed by atoms with E-state index in [2.05, 4.69) is 10.6 Å². The van der Waals surface area contributed by atoms with E-state index in [-0.39, 0.29) is 23.8 Å². The average Bonchev–Trinajstić information content (AvgIpc) is 3.02. The van der Waals surface area contributed by atoms with E-state index >= 15 is 0 Å². The van der Waals surface area contributed by atoms with Crippen molar-refractivity contribution in [3.05, 3.63) is 30.1 Å². The van der Waals surface area contributed by atoms with Crippen molar-refractivity contribution in [2.45, 2.75) is 24.9 Å². The van der Waals surface area contributed by atoms with Gasteiger partial charge < -0.3 is 21.3 Å². The van der Waals surface area contributed by atoms with E-state index in [0.29, 0.717) is 31.6 Å². The van der Waals surface area contributed by atoms with Gasteiger partial charge in [0.15, 0.2) is 0 Å². The number of benzene rings is 1. The minimum Gasteiger partial charge on any atom is -0.339 e. The fourth-order valence-corrected chi connectivity index (χ4v) is 3.06. The molecule has 1 saturated heterocycles. The zero-order chi connectivity index (χ0) is 17.5. The second kappa shape index (κ2) is 8.89. The van der Waals surface area contributed by atoms with Crippen molar-refractivity contribution >= 4 is 29.4 Å². The van der Waals surface area contributed by atoms with Crippen LogP contribution in [-0.2, 0) is 4.79 Å². The molecule has 8 heteroatoms. The molecule has 24 heavy (non-hydrogen) atoms. The van der Waals surface area contributed by atoms with Crippen LogP contribution >= 0.6 is 11.8 Å². The van der Waals surface area contributed by atoms with Gasteiger partial charge in [-0.1, -0.05) is 0 Å². The van der Waals surface area contributed by atoms with Gasteiger partial charge in [-0.3, -0.25) is 4.79 Å². The van der Waals surface area contributed by atoms with Crippen molar-refractivity contribution in [1.82, 2.24) is 10.2 Å². The van der Waals surface area contributed by atoms with Crippen LogP contribution in [0.3, 0.4) is 0 Å². The highest BCUT2D eigenvalue weighted by Crippen LogP contribution is 2.13. The maximum absolute atomic E-state index is 12.8. The first-order chi connectivity index (χ1) is 11.5. The van der Waals surface area contributed by atoms with Crippen LogP contribution in [0.4, 0.5) is 14.9 Å². The second-order valence-electron chi connectivity index (χ2n) is 5.76. The average molecular weight is 354 g/mol. The molecule has 0 spiro atoms. The zero-order valence-electron chi connectivity index (χ0n) is 13.6. The van der Waals surface area contributed by atoms with E-state index < -0.39 is 6.04 Å².